The maximum atomic E-state index is 13.1. The molecule has 0 spiro atoms. The molecule has 3 atom stereocenters. The van der Waals surface area contributed by atoms with Crippen LogP contribution in [0.15, 0.2) is 16.5 Å². The van der Waals surface area contributed by atoms with Crippen LogP contribution in [0.2, 0.25) is 0 Å². The Morgan fingerprint density at radius 1 is 1.12 bits per heavy atom. The molecule has 34 heavy (non-hydrogen) atoms. The minimum Gasteiger partial charge on any atom is -0.465 e. The molecule has 3 aromatic rings. The summed E-state index contributed by atoms with van der Waals surface area (Å²) in [6.07, 6.45) is -4.34. The number of aromatic nitrogens is 5. The van der Waals surface area contributed by atoms with Crippen molar-refractivity contribution in [2.24, 2.45) is 11.8 Å². The van der Waals surface area contributed by atoms with Crippen molar-refractivity contribution in [3.8, 4) is 5.88 Å². The molecular weight excluding hydrogens is 451 g/mol. The molecule has 0 radical (unpaired) electrons. The fourth-order valence-electron chi connectivity index (χ4n) is 4.99. The number of anilines is 2. The minimum absolute atomic E-state index is 0.00864. The van der Waals surface area contributed by atoms with Crippen LogP contribution < -0.4 is 15.0 Å². The predicted molar refractivity (Wildman–Crippen MR) is 118 cm³/mol. The van der Waals surface area contributed by atoms with Crippen molar-refractivity contribution in [2.75, 3.05) is 23.3 Å². The van der Waals surface area contributed by atoms with E-state index in [1.165, 1.54) is 10.6 Å². The Morgan fingerprint density at radius 3 is 2.41 bits per heavy atom. The first-order valence-electron chi connectivity index (χ1n) is 11.5. The van der Waals surface area contributed by atoms with Gasteiger partial charge in [-0.3, -0.25) is 0 Å². The quantitative estimate of drug-likeness (QED) is 0.562. The standard InChI is InChI=1S/C22H28F3N7O2/c1-11(2)16-7-8-17(33-12(3)22(23,24)25)32-19(16)27-20(30-32)26-18-14-5-6-15(18)10-31(9-14)21-29-28-13(4)34-21/h7-8,11-12,14-15,18H,5-6,9-10H2,1-4H3,(H,26,30)/t12-,14?,15?,18?/m0/s1. The van der Waals surface area contributed by atoms with Gasteiger partial charge in [0.2, 0.25) is 17.7 Å². The minimum atomic E-state index is -4.48. The van der Waals surface area contributed by atoms with E-state index in [9.17, 15) is 13.2 Å². The largest absolute Gasteiger partial charge is 0.465 e. The number of nitrogens with zero attached hydrogens (tertiary/aromatic N) is 6. The Kier molecular flexibility index (Phi) is 5.56. The lowest BCUT2D eigenvalue weighted by Crippen LogP contribution is -2.48. The molecule has 2 fully saturated rings. The number of piperidine rings is 1. The van der Waals surface area contributed by atoms with Gasteiger partial charge in [0.1, 0.15) is 0 Å². The zero-order chi connectivity index (χ0) is 24.2. The summed E-state index contributed by atoms with van der Waals surface area (Å²) >= 11 is 0. The van der Waals surface area contributed by atoms with Crippen LogP contribution in [-0.4, -0.2) is 56.2 Å². The number of fused-ring (bicyclic) bond motifs is 3. The molecule has 1 aliphatic heterocycles. The van der Waals surface area contributed by atoms with Crippen molar-refractivity contribution in [1.82, 2.24) is 24.8 Å². The molecule has 12 heteroatoms. The van der Waals surface area contributed by atoms with Gasteiger partial charge in [-0.1, -0.05) is 18.9 Å². The van der Waals surface area contributed by atoms with Crippen LogP contribution in [-0.2, 0) is 0 Å². The van der Waals surface area contributed by atoms with Gasteiger partial charge in [0.15, 0.2) is 11.8 Å². The molecule has 0 amide bonds. The van der Waals surface area contributed by atoms with Gasteiger partial charge < -0.3 is 19.4 Å². The highest BCUT2D eigenvalue weighted by molar-refractivity contribution is 5.55. The second-order valence-corrected chi connectivity index (χ2v) is 9.53. The summed E-state index contributed by atoms with van der Waals surface area (Å²) in [5.74, 6) is 1.73. The molecule has 1 N–H and O–H groups in total. The van der Waals surface area contributed by atoms with Gasteiger partial charge >= 0.3 is 12.2 Å². The number of hydrogen-bond acceptors (Lipinski definition) is 8. The van der Waals surface area contributed by atoms with Crippen LogP contribution in [0.4, 0.5) is 25.1 Å². The third-order valence-corrected chi connectivity index (χ3v) is 6.78. The summed E-state index contributed by atoms with van der Waals surface area (Å²) in [5.41, 5.74) is 1.38. The van der Waals surface area contributed by atoms with Crippen molar-refractivity contribution in [3.63, 3.8) is 0 Å². The monoisotopic (exact) mass is 479 g/mol. The highest BCUT2D eigenvalue weighted by atomic mass is 19.4. The molecule has 1 aliphatic carbocycles. The smallest absolute Gasteiger partial charge is 0.425 e. The van der Waals surface area contributed by atoms with Crippen LogP contribution in [0, 0.1) is 18.8 Å². The van der Waals surface area contributed by atoms with E-state index in [0.29, 0.717) is 35.3 Å². The van der Waals surface area contributed by atoms with E-state index in [2.05, 4.69) is 30.5 Å². The number of nitrogens with one attached hydrogen (secondary N) is 1. The summed E-state index contributed by atoms with van der Waals surface area (Å²) in [7, 11) is 0. The molecule has 1 saturated carbocycles. The van der Waals surface area contributed by atoms with Gasteiger partial charge in [-0.25, -0.2) is 0 Å². The average molecular weight is 480 g/mol. The van der Waals surface area contributed by atoms with Crippen LogP contribution in [0.25, 0.3) is 5.65 Å². The SMILES string of the molecule is Cc1nnc(N2CC3CCC(C2)C3Nc2nc3c(C(C)C)ccc(O[C@@H](C)C(F)(F)F)n3n2)o1. The lowest BCUT2D eigenvalue weighted by atomic mass is 9.92. The number of rotatable bonds is 6. The maximum absolute atomic E-state index is 13.1. The van der Waals surface area contributed by atoms with Crippen LogP contribution in [0.5, 0.6) is 5.88 Å². The normalized spacial score (nSPS) is 23.6. The van der Waals surface area contributed by atoms with Crippen LogP contribution >= 0.6 is 0 Å². The first-order chi connectivity index (χ1) is 16.1. The van der Waals surface area contributed by atoms with E-state index < -0.39 is 12.3 Å². The number of aryl methyl sites for hydroxylation is 1. The summed E-state index contributed by atoms with van der Waals surface area (Å²) in [5, 5.41) is 16.1. The third kappa shape index (κ3) is 4.14. The number of alkyl halides is 3. The highest BCUT2D eigenvalue weighted by Gasteiger charge is 2.44. The zero-order valence-corrected chi connectivity index (χ0v) is 19.5. The molecule has 2 unspecified atom stereocenters. The van der Waals surface area contributed by atoms with Gasteiger partial charge in [0.05, 0.1) is 0 Å². The summed E-state index contributed by atoms with van der Waals surface area (Å²) in [4.78, 5) is 6.78. The molecule has 4 heterocycles. The average Bonchev–Trinajstić information content (AvgIpc) is 3.43. The summed E-state index contributed by atoms with van der Waals surface area (Å²) < 4.78 is 51.5. The van der Waals surface area contributed by atoms with E-state index >= 15 is 0 Å². The maximum Gasteiger partial charge on any atom is 0.425 e. The molecule has 5 rings (SSSR count). The first-order valence-corrected chi connectivity index (χ1v) is 11.5. The van der Waals surface area contributed by atoms with Crippen molar-refractivity contribution < 1.29 is 22.3 Å². The van der Waals surface area contributed by atoms with Gasteiger partial charge in [0, 0.05) is 32.1 Å². The number of halogens is 3. The topological polar surface area (TPSA) is 93.6 Å². The third-order valence-electron chi connectivity index (χ3n) is 6.78. The Bertz CT molecular complexity index is 1160. The van der Waals surface area contributed by atoms with E-state index in [-0.39, 0.29) is 17.8 Å². The van der Waals surface area contributed by atoms with Crippen molar-refractivity contribution in [1.29, 1.82) is 0 Å². The molecule has 2 bridgehead atoms. The highest BCUT2D eigenvalue weighted by Crippen LogP contribution is 2.40. The molecule has 0 aromatic carbocycles. The number of hydrogen-bond donors (Lipinski definition) is 1. The van der Waals surface area contributed by atoms with E-state index in [1.807, 2.05) is 13.8 Å². The predicted octanol–water partition coefficient (Wildman–Crippen LogP) is 4.20. The van der Waals surface area contributed by atoms with Gasteiger partial charge in [0.25, 0.3) is 0 Å². The molecule has 184 valence electrons. The molecule has 3 aromatic heterocycles. The summed E-state index contributed by atoms with van der Waals surface area (Å²) in [6.45, 7) is 8.31. The van der Waals surface area contributed by atoms with Crippen molar-refractivity contribution in [2.45, 2.75) is 64.8 Å². The second kappa shape index (κ2) is 8.31. The Balaban J connectivity index is 1.40. The molecule has 1 saturated heterocycles. The van der Waals surface area contributed by atoms with Crippen LogP contribution in [0.1, 0.15) is 51.0 Å². The number of ether oxygens (including phenoxy) is 1. The first kappa shape index (κ1) is 22.7. The molecule has 2 aliphatic rings. The lowest BCUT2D eigenvalue weighted by Gasteiger charge is -2.37. The fraction of sp³-hybridized carbons (Fsp3) is 0.636. The summed E-state index contributed by atoms with van der Waals surface area (Å²) in [6, 6.07) is 3.97. The van der Waals surface area contributed by atoms with Crippen molar-refractivity contribution in [3.05, 3.63) is 23.6 Å². The molecule has 9 nitrogen and oxygen atoms in total. The second-order valence-electron chi connectivity index (χ2n) is 9.53. The van der Waals surface area contributed by atoms with E-state index in [4.69, 9.17) is 9.15 Å². The van der Waals surface area contributed by atoms with Gasteiger partial charge in [-0.15, -0.1) is 10.2 Å². The van der Waals surface area contributed by atoms with E-state index in [1.54, 1.807) is 13.0 Å². The van der Waals surface area contributed by atoms with Gasteiger partial charge in [-0.05, 0) is 49.1 Å². The Labute approximate surface area is 194 Å². The van der Waals surface area contributed by atoms with E-state index in [0.717, 1.165) is 38.4 Å². The fourth-order valence-corrected chi connectivity index (χ4v) is 4.99. The Hall–Kier alpha value is -3.05. The number of pyridine rings is 1. The lowest BCUT2D eigenvalue weighted by molar-refractivity contribution is -0.190. The van der Waals surface area contributed by atoms with Crippen LogP contribution in [0.3, 0.4) is 0 Å². The Morgan fingerprint density at radius 2 is 1.82 bits per heavy atom. The zero-order valence-electron chi connectivity index (χ0n) is 19.5. The van der Waals surface area contributed by atoms with Gasteiger partial charge in [-0.2, -0.15) is 22.7 Å². The van der Waals surface area contributed by atoms with Crippen molar-refractivity contribution >= 4 is 17.6 Å². The molecular formula is C22H28F3N7O2.